The number of benzene rings is 2. The maximum Gasteiger partial charge on any atom is 0.323 e. The molecule has 2 aromatic carbocycles. The minimum atomic E-state index is -0.338. The van der Waals surface area contributed by atoms with Gasteiger partial charge in [-0.2, -0.15) is 0 Å². The molecule has 0 aromatic heterocycles. The summed E-state index contributed by atoms with van der Waals surface area (Å²) in [6.45, 7) is 0. The highest BCUT2D eigenvalue weighted by Crippen LogP contribution is 2.28. The van der Waals surface area contributed by atoms with Gasteiger partial charge in [-0.15, -0.1) is 0 Å². The van der Waals surface area contributed by atoms with Crippen LogP contribution in [0, 0.1) is 0 Å². The number of ether oxygens (including phenoxy) is 1. The molecule has 2 aromatic rings. The molecule has 120 valence electrons. The molecular formula is C18H20N2O3. The van der Waals surface area contributed by atoms with E-state index in [1.807, 2.05) is 18.2 Å². The van der Waals surface area contributed by atoms with Gasteiger partial charge in [-0.3, -0.25) is 0 Å². The fourth-order valence-corrected chi connectivity index (χ4v) is 2.85. The van der Waals surface area contributed by atoms with Crippen molar-refractivity contribution in [3.63, 3.8) is 0 Å². The molecule has 5 nitrogen and oxygen atoms in total. The lowest BCUT2D eigenvalue weighted by Gasteiger charge is -2.23. The Morgan fingerprint density at radius 2 is 1.96 bits per heavy atom. The van der Waals surface area contributed by atoms with Crippen LogP contribution in [0.15, 0.2) is 42.5 Å². The van der Waals surface area contributed by atoms with Gasteiger partial charge in [0.2, 0.25) is 0 Å². The predicted molar refractivity (Wildman–Crippen MR) is 90.1 cm³/mol. The van der Waals surface area contributed by atoms with E-state index in [4.69, 9.17) is 4.74 Å². The fraction of sp³-hybridized carbons (Fsp3) is 0.278. The van der Waals surface area contributed by atoms with Crippen LogP contribution in [0.1, 0.15) is 17.5 Å². The quantitative estimate of drug-likeness (QED) is 0.815. The molecule has 1 aliphatic carbocycles. The molecule has 23 heavy (non-hydrogen) atoms. The average Bonchev–Trinajstić information content (AvgIpc) is 2.56. The summed E-state index contributed by atoms with van der Waals surface area (Å²) < 4.78 is 5.09. The Bertz CT molecular complexity index is 698. The summed E-state index contributed by atoms with van der Waals surface area (Å²) in [5.41, 5.74) is 3.66. The molecular weight excluding hydrogens is 292 g/mol. The number of carbonyl (C=O) groups is 1. The lowest BCUT2D eigenvalue weighted by Crippen LogP contribution is -2.24. The molecule has 2 amide bonds. The number of nitrogens with one attached hydrogen (secondary N) is 2. The summed E-state index contributed by atoms with van der Waals surface area (Å²) in [7, 11) is 1.60. The van der Waals surface area contributed by atoms with E-state index in [0.29, 0.717) is 12.1 Å². The first kappa shape index (κ1) is 15.4. The first-order chi connectivity index (χ1) is 11.2. The molecule has 0 saturated heterocycles. The number of methoxy groups -OCH3 is 1. The smallest absolute Gasteiger partial charge is 0.323 e. The Hall–Kier alpha value is -2.53. The second kappa shape index (κ2) is 6.71. The van der Waals surface area contributed by atoms with Crippen LogP contribution in [0.2, 0.25) is 0 Å². The van der Waals surface area contributed by atoms with Crippen LogP contribution >= 0.6 is 0 Å². The van der Waals surface area contributed by atoms with Crippen molar-refractivity contribution in [2.24, 2.45) is 0 Å². The highest BCUT2D eigenvalue weighted by atomic mass is 16.5. The molecule has 0 radical (unpaired) electrons. The molecule has 1 atom stereocenters. The first-order valence-electron chi connectivity index (χ1n) is 7.66. The second-order valence-electron chi connectivity index (χ2n) is 5.65. The van der Waals surface area contributed by atoms with Gasteiger partial charge in [0.1, 0.15) is 5.75 Å². The number of anilines is 2. The molecule has 0 saturated carbocycles. The Morgan fingerprint density at radius 3 is 2.70 bits per heavy atom. The number of hydrogen-bond donors (Lipinski definition) is 3. The Labute approximate surface area is 135 Å². The van der Waals surface area contributed by atoms with Crippen LogP contribution in [0.5, 0.6) is 5.75 Å². The van der Waals surface area contributed by atoms with E-state index < -0.39 is 0 Å². The van der Waals surface area contributed by atoms with Crippen LogP contribution in [-0.4, -0.2) is 24.4 Å². The summed E-state index contributed by atoms with van der Waals surface area (Å²) >= 11 is 0. The van der Waals surface area contributed by atoms with Crippen molar-refractivity contribution < 1.29 is 14.6 Å². The van der Waals surface area contributed by atoms with Crippen molar-refractivity contribution in [2.45, 2.75) is 25.4 Å². The Balaban J connectivity index is 1.70. The van der Waals surface area contributed by atoms with Gasteiger partial charge in [0.15, 0.2) is 0 Å². The third-order valence-electron chi connectivity index (χ3n) is 4.06. The van der Waals surface area contributed by atoms with Gasteiger partial charge < -0.3 is 20.5 Å². The van der Waals surface area contributed by atoms with Gasteiger partial charge in [0.05, 0.1) is 13.2 Å². The zero-order valence-corrected chi connectivity index (χ0v) is 13.0. The summed E-state index contributed by atoms with van der Waals surface area (Å²) in [5, 5.41) is 15.5. The Kier molecular flexibility index (Phi) is 4.48. The van der Waals surface area contributed by atoms with Gasteiger partial charge in [-0.1, -0.05) is 12.1 Å². The van der Waals surface area contributed by atoms with Crippen molar-refractivity contribution in [3.8, 4) is 5.75 Å². The number of aliphatic hydroxyl groups excluding tert-OH is 1. The molecule has 0 unspecified atom stereocenters. The van der Waals surface area contributed by atoms with Crippen molar-refractivity contribution in [1.29, 1.82) is 0 Å². The van der Waals surface area contributed by atoms with E-state index in [1.54, 1.807) is 31.4 Å². The average molecular weight is 312 g/mol. The minimum absolute atomic E-state index is 0.302. The summed E-state index contributed by atoms with van der Waals surface area (Å²) in [6.07, 6.45) is 1.85. The van der Waals surface area contributed by atoms with Crippen LogP contribution in [0.25, 0.3) is 0 Å². The summed E-state index contributed by atoms with van der Waals surface area (Å²) in [5.74, 6) is 0.738. The molecule has 0 bridgehead atoms. The van der Waals surface area contributed by atoms with Crippen LogP contribution in [0.4, 0.5) is 16.2 Å². The fourth-order valence-electron chi connectivity index (χ4n) is 2.85. The molecule has 0 spiro atoms. The number of aryl methyl sites for hydroxylation is 1. The summed E-state index contributed by atoms with van der Waals surface area (Å²) in [6, 6.07) is 12.7. The Morgan fingerprint density at radius 1 is 1.17 bits per heavy atom. The highest BCUT2D eigenvalue weighted by Gasteiger charge is 2.19. The lowest BCUT2D eigenvalue weighted by atomic mass is 9.88. The number of amides is 2. The van der Waals surface area contributed by atoms with Crippen LogP contribution < -0.4 is 15.4 Å². The number of hydrogen-bond acceptors (Lipinski definition) is 3. The molecule has 0 fully saturated rings. The lowest BCUT2D eigenvalue weighted by molar-refractivity contribution is 0.159. The molecule has 0 heterocycles. The number of rotatable bonds is 3. The maximum absolute atomic E-state index is 12.2. The van der Waals surface area contributed by atoms with Crippen LogP contribution in [0.3, 0.4) is 0 Å². The zero-order chi connectivity index (χ0) is 16.2. The van der Waals surface area contributed by atoms with E-state index >= 15 is 0 Å². The van der Waals surface area contributed by atoms with E-state index in [1.165, 1.54) is 5.56 Å². The van der Waals surface area contributed by atoms with Crippen molar-refractivity contribution in [1.82, 2.24) is 0 Å². The van der Waals surface area contributed by atoms with E-state index in [0.717, 1.165) is 29.8 Å². The molecule has 1 aliphatic rings. The van der Waals surface area contributed by atoms with E-state index in [2.05, 4.69) is 10.6 Å². The van der Waals surface area contributed by atoms with Crippen molar-refractivity contribution in [2.75, 3.05) is 17.7 Å². The SMILES string of the molecule is COc1ccc(NC(=O)Nc2cccc3c2C[C@H](O)CC3)cc1. The normalized spacial score (nSPS) is 16.3. The van der Waals surface area contributed by atoms with Gasteiger partial charge >= 0.3 is 6.03 Å². The first-order valence-corrected chi connectivity index (χ1v) is 7.66. The molecule has 3 N–H and O–H groups in total. The molecule has 0 aliphatic heterocycles. The largest absolute Gasteiger partial charge is 0.497 e. The van der Waals surface area contributed by atoms with Crippen molar-refractivity contribution >= 4 is 17.4 Å². The van der Waals surface area contributed by atoms with E-state index in [9.17, 15) is 9.90 Å². The standard InChI is InChI=1S/C18H20N2O3/c1-23-15-9-6-13(7-10-15)19-18(22)20-17-4-2-3-12-5-8-14(21)11-16(12)17/h2-4,6-7,9-10,14,21H,5,8,11H2,1H3,(H2,19,20,22)/t14-/m1/s1. The van der Waals surface area contributed by atoms with Crippen molar-refractivity contribution in [3.05, 3.63) is 53.6 Å². The monoisotopic (exact) mass is 312 g/mol. The minimum Gasteiger partial charge on any atom is -0.497 e. The van der Waals surface area contributed by atoms with Crippen LogP contribution in [-0.2, 0) is 12.8 Å². The predicted octanol–water partition coefficient (Wildman–Crippen LogP) is 3.19. The highest BCUT2D eigenvalue weighted by molar-refractivity contribution is 6.00. The van der Waals surface area contributed by atoms with Gasteiger partial charge in [-0.25, -0.2) is 4.79 Å². The zero-order valence-electron chi connectivity index (χ0n) is 13.0. The number of urea groups is 1. The second-order valence-corrected chi connectivity index (χ2v) is 5.65. The third-order valence-corrected chi connectivity index (χ3v) is 4.06. The molecule has 3 rings (SSSR count). The topological polar surface area (TPSA) is 70.6 Å². The third kappa shape index (κ3) is 3.63. The summed E-state index contributed by atoms with van der Waals surface area (Å²) in [4.78, 5) is 12.2. The number of fused-ring (bicyclic) bond motifs is 1. The van der Waals surface area contributed by atoms with Gasteiger partial charge in [-0.05, 0) is 54.3 Å². The maximum atomic E-state index is 12.2. The number of carbonyl (C=O) groups excluding carboxylic acids is 1. The number of aliphatic hydroxyl groups is 1. The molecule has 5 heteroatoms. The van der Waals surface area contributed by atoms with Gasteiger partial charge in [0.25, 0.3) is 0 Å². The van der Waals surface area contributed by atoms with E-state index in [-0.39, 0.29) is 12.1 Å². The van der Waals surface area contributed by atoms with Gasteiger partial charge in [0, 0.05) is 17.8 Å².